The molecule has 4 heteroatoms. The van der Waals surface area contributed by atoms with Gasteiger partial charge in [-0.05, 0) is 30.7 Å². The summed E-state index contributed by atoms with van der Waals surface area (Å²) >= 11 is 5.34. The number of aryl methyl sites for hydroxylation is 1. The maximum atomic E-state index is 11.0. The fourth-order valence-electron chi connectivity index (χ4n) is 1.11. The quantitative estimate of drug-likeness (QED) is 0.757. The molecular weight excluding hydrogens is 200 g/mol. The molecule has 3 nitrogen and oxygen atoms in total. The number of amides is 1. The largest absolute Gasteiger partial charge is 0.325 e. The summed E-state index contributed by atoms with van der Waals surface area (Å²) in [5, 5.41) is 11.3. The number of anilines is 1. The van der Waals surface area contributed by atoms with Crippen molar-refractivity contribution in [2.24, 2.45) is 0 Å². The van der Waals surface area contributed by atoms with E-state index in [1.807, 2.05) is 13.0 Å². The molecule has 72 valence electrons. The second-order valence-electron chi connectivity index (χ2n) is 2.88. The zero-order valence-corrected chi connectivity index (χ0v) is 8.43. The zero-order valence-electron chi connectivity index (χ0n) is 7.67. The highest BCUT2D eigenvalue weighted by Crippen LogP contribution is 2.13. The minimum Gasteiger partial charge on any atom is -0.325 e. The first-order valence-corrected chi connectivity index (χ1v) is 4.57. The summed E-state index contributed by atoms with van der Waals surface area (Å²) in [5.41, 5.74) is 2.05. The SMILES string of the molecule is Cc1cc(C#N)cc(NC(=O)CCl)c1. The van der Waals surface area contributed by atoms with Gasteiger partial charge in [-0.25, -0.2) is 0 Å². The highest BCUT2D eigenvalue weighted by Gasteiger charge is 2.01. The Bertz CT molecular complexity index is 396. The number of rotatable bonds is 2. The minimum atomic E-state index is -0.277. The smallest absolute Gasteiger partial charge is 0.239 e. The third-order valence-electron chi connectivity index (χ3n) is 1.61. The second-order valence-corrected chi connectivity index (χ2v) is 3.15. The van der Waals surface area contributed by atoms with Gasteiger partial charge in [0, 0.05) is 5.69 Å². The lowest BCUT2D eigenvalue weighted by atomic mass is 10.1. The van der Waals surface area contributed by atoms with Crippen LogP contribution in [0.15, 0.2) is 18.2 Å². The molecule has 1 aromatic rings. The van der Waals surface area contributed by atoms with Crippen molar-refractivity contribution in [1.29, 1.82) is 5.26 Å². The number of nitrogens with one attached hydrogen (secondary N) is 1. The molecule has 0 radical (unpaired) electrons. The van der Waals surface area contributed by atoms with Gasteiger partial charge < -0.3 is 5.32 Å². The molecule has 0 aliphatic heterocycles. The molecule has 0 saturated carbocycles. The molecule has 0 heterocycles. The first kappa shape index (κ1) is 10.6. The third kappa shape index (κ3) is 2.75. The number of carbonyl (C=O) groups is 1. The van der Waals surface area contributed by atoms with Crippen LogP contribution in [-0.2, 0) is 4.79 Å². The predicted molar refractivity (Wildman–Crippen MR) is 55.2 cm³/mol. The van der Waals surface area contributed by atoms with Crippen LogP contribution in [0, 0.1) is 18.3 Å². The van der Waals surface area contributed by atoms with E-state index in [1.165, 1.54) is 0 Å². The lowest BCUT2D eigenvalue weighted by Crippen LogP contribution is -2.12. The maximum Gasteiger partial charge on any atom is 0.239 e. The number of nitrogens with zero attached hydrogens (tertiary/aromatic N) is 1. The van der Waals surface area contributed by atoms with E-state index in [0.29, 0.717) is 11.3 Å². The van der Waals surface area contributed by atoms with E-state index < -0.39 is 0 Å². The number of hydrogen-bond donors (Lipinski definition) is 1. The van der Waals surface area contributed by atoms with Crippen LogP contribution < -0.4 is 5.32 Å². The Balaban J connectivity index is 2.93. The van der Waals surface area contributed by atoms with E-state index in [-0.39, 0.29) is 11.8 Å². The molecule has 1 aromatic carbocycles. The molecule has 1 N–H and O–H groups in total. The third-order valence-corrected chi connectivity index (χ3v) is 1.85. The Kier molecular flexibility index (Phi) is 3.49. The van der Waals surface area contributed by atoms with Crippen LogP contribution in [-0.4, -0.2) is 11.8 Å². The van der Waals surface area contributed by atoms with Crippen LogP contribution in [0.2, 0.25) is 0 Å². The molecule has 0 atom stereocenters. The number of carbonyl (C=O) groups excluding carboxylic acids is 1. The van der Waals surface area contributed by atoms with E-state index in [4.69, 9.17) is 16.9 Å². The molecule has 0 bridgehead atoms. The number of hydrogen-bond acceptors (Lipinski definition) is 2. The summed E-state index contributed by atoms with van der Waals surface area (Å²) < 4.78 is 0. The van der Waals surface area contributed by atoms with E-state index in [0.717, 1.165) is 5.56 Å². The van der Waals surface area contributed by atoms with Gasteiger partial charge in [0.25, 0.3) is 0 Å². The molecule has 0 aromatic heterocycles. The molecule has 14 heavy (non-hydrogen) atoms. The van der Waals surface area contributed by atoms with Crippen LogP contribution in [0.3, 0.4) is 0 Å². The molecule has 0 spiro atoms. The number of nitriles is 1. The number of benzene rings is 1. The van der Waals surface area contributed by atoms with E-state index in [9.17, 15) is 4.79 Å². The van der Waals surface area contributed by atoms with Crippen LogP contribution in [0.25, 0.3) is 0 Å². The minimum absolute atomic E-state index is 0.0875. The average molecular weight is 209 g/mol. The number of halogens is 1. The second kappa shape index (κ2) is 4.64. The van der Waals surface area contributed by atoms with Crippen molar-refractivity contribution in [2.45, 2.75) is 6.92 Å². The van der Waals surface area contributed by atoms with Gasteiger partial charge in [-0.15, -0.1) is 11.6 Å². The Labute approximate surface area is 87.3 Å². The normalized spacial score (nSPS) is 9.21. The van der Waals surface area contributed by atoms with E-state index >= 15 is 0 Å². The van der Waals surface area contributed by atoms with Crippen LogP contribution >= 0.6 is 11.6 Å². The topological polar surface area (TPSA) is 52.9 Å². The molecule has 1 rings (SSSR count). The van der Waals surface area contributed by atoms with Gasteiger partial charge in [0.15, 0.2) is 0 Å². The molecule has 0 aliphatic carbocycles. The Morgan fingerprint density at radius 2 is 2.29 bits per heavy atom. The summed E-state index contributed by atoms with van der Waals surface area (Å²) in [7, 11) is 0. The van der Waals surface area contributed by atoms with Gasteiger partial charge >= 0.3 is 0 Å². The van der Waals surface area contributed by atoms with Crippen molar-refractivity contribution in [3.8, 4) is 6.07 Å². The molecule has 0 saturated heterocycles. The lowest BCUT2D eigenvalue weighted by Gasteiger charge is -2.04. The maximum absolute atomic E-state index is 11.0. The summed E-state index contributed by atoms with van der Waals surface area (Å²) in [6.07, 6.45) is 0. The fraction of sp³-hybridized carbons (Fsp3) is 0.200. The molecule has 0 aliphatic rings. The molecule has 0 unspecified atom stereocenters. The highest BCUT2D eigenvalue weighted by atomic mass is 35.5. The van der Waals surface area contributed by atoms with Gasteiger partial charge in [0.2, 0.25) is 5.91 Å². The predicted octanol–water partition coefficient (Wildman–Crippen LogP) is 2.04. The Hall–Kier alpha value is -1.53. The molecular formula is C10H9ClN2O. The summed E-state index contributed by atoms with van der Waals surface area (Å²) in [6, 6.07) is 7.15. The average Bonchev–Trinajstić information content (AvgIpc) is 2.16. The van der Waals surface area contributed by atoms with Gasteiger partial charge in [-0.3, -0.25) is 4.79 Å². The first-order valence-electron chi connectivity index (χ1n) is 4.03. The van der Waals surface area contributed by atoms with Crippen molar-refractivity contribution in [3.63, 3.8) is 0 Å². The highest BCUT2D eigenvalue weighted by molar-refractivity contribution is 6.29. The van der Waals surface area contributed by atoms with E-state index in [2.05, 4.69) is 5.32 Å². The van der Waals surface area contributed by atoms with E-state index in [1.54, 1.807) is 18.2 Å². The van der Waals surface area contributed by atoms with Crippen molar-refractivity contribution < 1.29 is 4.79 Å². The summed E-state index contributed by atoms with van der Waals surface area (Å²) in [6.45, 7) is 1.86. The zero-order chi connectivity index (χ0) is 10.6. The first-order chi connectivity index (χ1) is 6.65. The van der Waals surface area contributed by atoms with Gasteiger partial charge in [0.1, 0.15) is 5.88 Å². The molecule has 1 amide bonds. The van der Waals surface area contributed by atoms with Crippen LogP contribution in [0.5, 0.6) is 0 Å². The summed E-state index contributed by atoms with van der Waals surface area (Å²) in [4.78, 5) is 11.0. The monoisotopic (exact) mass is 208 g/mol. The number of alkyl halides is 1. The van der Waals surface area contributed by atoms with Gasteiger partial charge in [-0.2, -0.15) is 5.26 Å². The van der Waals surface area contributed by atoms with Crippen LogP contribution in [0.1, 0.15) is 11.1 Å². The Morgan fingerprint density at radius 1 is 1.57 bits per heavy atom. The Morgan fingerprint density at radius 3 is 2.86 bits per heavy atom. The molecule has 0 fully saturated rings. The van der Waals surface area contributed by atoms with Crippen molar-refractivity contribution in [3.05, 3.63) is 29.3 Å². The van der Waals surface area contributed by atoms with Crippen LogP contribution in [0.4, 0.5) is 5.69 Å². The lowest BCUT2D eigenvalue weighted by molar-refractivity contribution is -0.113. The van der Waals surface area contributed by atoms with Crippen molar-refractivity contribution in [1.82, 2.24) is 0 Å². The van der Waals surface area contributed by atoms with Crippen molar-refractivity contribution >= 4 is 23.2 Å². The summed E-state index contributed by atoms with van der Waals surface area (Å²) in [5.74, 6) is -0.364. The van der Waals surface area contributed by atoms with Gasteiger partial charge in [0.05, 0.1) is 11.6 Å². The fourth-order valence-corrected chi connectivity index (χ4v) is 1.18. The standard InChI is InChI=1S/C10H9ClN2O/c1-7-2-8(6-12)4-9(3-7)13-10(14)5-11/h2-4H,5H2,1H3,(H,13,14). The van der Waals surface area contributed by atoms with Crippen molar-refractivity contribution in [2.75, 3.05) is 11.2 Å². The van der Waals surface area contributed by atoms with Gasteiger partial charge in [-0.1, -0.05) is 0 Å².